The van der Waals surface area contributed by atoms with Crippen molar-refractivity contribution < 1.29 is 14.7 Å². The number of hydrogen-bond donors (Lipinski definition) is 3. The summed E-state index contributed by atoms with van der Waals surface area (Å²) in [7, 11) is 0. The third kappa shape index (κ3) is 5.02. The molecule has 0 saturated heterocycles. The van der Waals surface area contributed by atoms with Crippen molar-refractivity contribution in [1.29, 1.82) is 0 Å². The Morgan fingerprint density at radius 3 is 2.35 bits per heavy atom. The van der Waals surface area contributed by atoms with Crippen molar-refractivity contribution in [2.24, 2.45) is 17.3 Å². The lowest BCUT2D eigenvalue weighted by Crippen LogP contribution is -2.53. The van der Waals surface area contributed by atoms with Crippen LogP contribution in [0.25, 0.3) is 0 Å². The minimum Gasteiger partial charge on any atom is -0.480 e. The lowest BCUT2D eigenvalue weighted by atomic mass is 9.80. The molecule has 1 aliphatic rings. The fraction of sp³-hybridized carbons (Fsp3) is 0.867. The van der Waals surface area contributed by atoms with E-state index in [2.05, 4.69) is 17.6 Å². The van der Waals surface area contributed by atoms with E-state index >= 15 is 0 Å². The molecule has 0 radical (unpaired) electrons. The van der Waals surface area contributed by atoms with E-state index in [-0.39, 0.29) is 6.03 Å². The van der Waals surface area contributed by atoms with E-state index in [0.29, 0.717) is 18.4 Å². The van der Waals surface area contributed by atoms with Crippen molar-refractivity contribution in [2.45, 2.75) is 59.4 Å². The number of carbonyl (C=O) groups is 2. The maximum Gasteiger partial charge on any atom is 0.326 e. The lowest BCUT2D eigenvalue weighted by Gasteiger charge is -2.30. The van der Waals surface area contributed by atoms with Gasteiger partial charge in [-0.2, -0.15) is 0 Å². The zero-order valence-electron chi connectivity index (χ0n) is 13.0. The molecule has 1 saturated carbocycles. The van der Waals surface area contributed by atoms with Crippen molar-refractivity contribution in [1.82, 2.24) is 10.6 Å². The summed E-state index contributed by atoms with van der Waals surface area (Å²) in [5, 5.41) is 14.6. The van der Waals surface area contributed by atoms with Crippen molar-refractivity contribution in [3.8, 4) is 0 Å². The van der Waals surface area contributed by atoms with Gasteiger partial charge in [0, 0.05) is 6.54 Å². The second-order valence-electron chi connectivity index (χ2n) is 7.01. The first-order chi connectivity index (χ1) is 9.21. The van der Waals surface area contributed by atoms with E-state index in [1.54, 1.807) is 20.8 Å². The fourth-order valence-electron chi connectivity index (χ4n) is 2.75. The van der Waals surface area contributed by atoms with Gasteiger partial charge in [0.05, 0.1) is 0 Å². The van der Waals surface area contributed by atoms with Crippen LogP contribution in [0, 0.1) is 17.3 Å². The Morgan fingerprint density at radius 1 is 1.25 bits per heavy atom. The van der Waals surface area contributed by atoms with E-state index in [1.807, 2.05) is 0 Å². The number of rotatable bonds is 4. The maximum absolute atomic E-state index is 11.9. The van der Waals surface area contributed by atoms with Gasteiger partial charge in [-0.3, -0.25) is 0 Å². The summed E-state index contributed by atoms with van der Waals surface area (Å²) in [4.78, 5) is 23.1. The Bertz CT molecular complexity index is 350. The average molecular weight is 284 g/mol. The molecule has 0 bridgehead atoms. The molecule has 2 amide bonds. The molecular formula is C15H28N2O3. The molecule has 0 aromatic rings. The Labute approximate surface area is 121 Å². The second-order valence-corrected chi connectivity index (χ2v) is 7.01. The van der Waals surface area contributed by atoms with Gasteiger partial charge < -0.3 is 15.7 Å². The van der Waals surface area contributed by atoms with E-state index in [4.69, 9.17) is 0 Å². The molecule has 1 rings (SSSR count). The van der Waals surface area contributed by atoms with Gasteiger partial charge in [0.15, 0.2) is 0 Å². The number of carboxylic acids is 1. The number of urea groups is 1. The van der Waals surface area contributed by atoms with Crippen LogP contribution in [0.4, 0.5) is 4.79 Å². The molecule has 116 valence electrons. The van der Waals surface area contributed by atoms with Crippen LogP contribution in [0.5, 0.6) is 0 Å². The molecule has 1 aliphatic carbocycles. The number of amides is 2. The van der Waals surface area contributed by atoms with E-state index in [1.165, 1.54) is 19.3 Å². The van der Waals surface area contributed by atoms with Crippen LogP contribution in [-0.2, 0) is 4.79 Å². The highest BCUT2D eigenvalue weighted by Crippen LogP contribution is 2.28. The molecule has 0 heterocycles. The van der Waals surface area contributed by atoms with Gasteiger partial charge in [0.25, 0.3) is 0 Å². The number of nitrogens with one attached hydrogen (secondary N) is 2. The monoisotopic (exact) mass is 284 g/mol. The summed E-state index contributed by atoms with van der Waals surface area (Å²) >= 11 is 0. The summed E-state index contributed by atoms with van der Waals surface area (Å²) in [5.74, 6) is 0.132. The Hall–Kier alpha value is -1.26. The zero-order valence-corrected chi connectivity index (χ0v) is 13.0. The SMILES string of the molecule is CC1CCCCC1CNC(=O)N[C@@H](C(=O)O)C(C)(C)C. The molecule has 0 aromatic carbocycles. The molecule has 20 heavy (non-hydrogen) atoms. The molecule has 5 nitrogen and oxygen atoms in total. The fourth-order valence-corrected chi connectivity index (χ4v) is 2.75. The minimum atomic E-state index is -1.00. The van der Waals surface area contributed by atoms with Gasteiger partial charge in [-0.15, -0.1) is 0 Å². The molecule has 0 aliphatic heterocycles. The molecule has 0 spiro atoms. The van der Waals surface area contributed by atoms with Gasteiger partial charge in [0.2, 0.25) is 0 Å². The summed E-state index contributed by atoms with van der Waals surface area (Å²) in [6.07, 6.45) is 4.85. The largest absolute Gasteiger partial charge is 0.480 e. The number of hydrogen-bond acceptors (Lipinski definition) is 2. The lowest BCUT2D eigenvalue weighted by molar-refractivity contribution is -0.141. The molecule has 2 unspecified atom stereocenters. The van der Waals surface area contributed by atoms with Crippen LogP contribution >= 0.6 is 0 Å². The Kier molecular flexibility index (Phi) is 5.84. The van der Waals surface area contributed by atoms with Gasteiger partial charge in [0.1, 0.15) is 6.04 Å². The predicted molar refractivity (Wildman–Crippen MR) is 78.5 cm³/mol. The van der Waals surface area contributed by atoms with Crippen molar-refractivity contribution >= 4 is 12.0 Å². The first kappa shape index (κ1) is 16.8. The molecular weight excluding hydrogens is 256 g/mol. The number of carbonyl (C=O) groups excluding carboxylic acids is 1. The summed E-state index contributed by atoms with van der Waals surface area (Å²) < 4.78 is 0. The highest BCUT2D eigenvalue weighted by molar-refractivity contribution is 5.83. The third-order valence-corrected chi connectivity index (χ3v) is 4.20. The summed E-state index contributed by atoms with van der Waals surface area (Å²) in [6.45, 7) is 8.25. The van der Waals surface area contributed by atoms with Crippen molar-refractivity contribution in [3.63, 3.8) is 0 Å². The van der Waals surface area contributed by atoms with E-state index < -0.39 is 17.4 Å². The molecule has 5 heteroatoms. The topological polar surface area (TPSA) is 78.4 Å². The summed E-state index contributed by atoms with van der Waals surface area (Å²) in [5.41, 5.74) is -0.513. The van der Waals surface area contributed by atoms with Gasteiger partial charge in [-0.1, -0.05) is 47.0 Å². The Morgan fingerprint density at radius 2 is 1.85 bits per heavy atom. The molecule has 3 atom stereocenters. The van der Waals surface area contributed by atoms with Gasteiger partial charge in [-0.25, -0.2) is 9.59 Å². The first-order valence-corrected chi connectivity index (χ1v) is 7.49. The quantitative estimate of drug-likeness (QED) is 0.742. The smallest absolute Gasteiger partial charge is 0.326 e. The normalized spacial score (nSPS) is 24.8. The first-order valence-electron chi connectivity index (χ1n) is 7.49. The van der Waals surface area contributed by atoms with Crippen LogP contribution in [-0.4, -0.2) is 29.7 Å². The summed E-state index contributed by atoms with van der Waals surface area (Å²) in [6, 6.07) is -1.27. The van der Waals surface area contributed by atoms with E-state index in [0.717, 1.165) is 6.42 Å². The zero-order chi connectivity index (χ0) is 15.3. The van der Waals surface area contributed by atoms with Gasteiger partial charge in [-0.05, 0) is 23.7 Å². The molecule has 0 aromatic heterocycles. The van der Waals surface area contributed by atoms with Crippen LogP contribution in [0.2, 0.25) is 0 Å². The highest BCUT2D eigenvalue weighted by Gasteiger charge is 2.32. The Balaban J connectivity index is 2.44. The van der Waals surface area contributed by atoms with Crippen LogP contribution < -0.4 is 10.6 Å². The van der Waals surface area contributed by atoms with Crippen molar-refractivity contribution in [3.05, 3.63) is 0 Å². The van der Waals surface area contributed by atoms with Crippen LogP contribution in [0.1, 0.15) is 53.4 Å². The predicted octanol–water partition coefficient (Wildman–Crippen LogP) is 2.61. The minimum absolute atomic E-state index is 0.384. The van der Waals surface area contributed by atoms with Crippen LogP contribution in [0.3, 0.4) is 0 Å². The molecule has 3 N–H and O–H groups in total. The van der Waals surface area contributed by atoms with Crippen LogP contribution in [0.15, 0.2) is 0 Å². The average Bonchev–Trinajstić information content (AvgIpc) is 2.33. The highest BCUT2D eigenvalue weighted by atomic mass is 16.4. The number of aliphatic carboxylic acids is 1. The van der Waals surface area contributed by atoms with Gasteiger partial charge >= 0.3 is 12.0 Å². The van der Waals surface area contributed by atoms with E-state index in [9.17, 15) is 14.7 Å². The second kappa shape index (κ2) is 6.95. The van der Waals surface area contributed by atoms with Crippen molar-refractivity contribution in [2.75, 3.05) is 6.54 Å². The maximum atomic E-state index is 11.9. The third-order valence-electron chi connectivity index (χ3n) is 4.20. The molecule has 1 fully saturated rings. The standard InChI is InChI=1S/C15H28N2O3/c1-10-7-5-6-8-11(10)9-16-14(20)17-12(13(18)19)15(2,3)4/h10-12H,5-9H2,1-4H3,(H,18,19)(H2,16,17,20)/t10?,11?,12-/m0/s1. The number of carboxylic acid groups (broad SMARTS) is 1.